The van der Waals surface area contributed by atoms with Crippen LogP contribution in [0.4, 0.5) is 4.79 Å². The first kappa shape index (κ1) is 17.9. The van der Waals surface area contributed by atoms with E-state index in [1.54, 1.807) is 11.3 Å². The average molecular weight is 359 g/mol. The fourth-order valence-electron chi connectivity index (χ4n) is 3.38. The van der Waals surface area contributed by atoms with Gasteiger partial charge < -0.3 is 10.2 Å². The molecule has 1 saturated heterocycles. The van der Waals surface area contributed by atoms with Crippen LogP contribution in [-0.2, 0) is 12.8 Å². The lowest BCUT2D eigenvalue weighted by molar-refractivity contribution is 0.146. The highest BCUT2D eigenvalue weighted by atomic mass is 32.1. The van der Waals surface area contributed by atoms with Gasteiger partial charge in [0.25, 0.3) is 0 Å². The molecule has 1 atom stereocenters. The molecule has 1 fully saturated rings. The van der Waals surface area contributed by atoms with Gasteiger partial charge in [-0.25, -0.2) is 9.78 Å². The van der Waals surface area contributed by atoms with Crippen LogP contribution >= 0.6 is 11.3 Å². The van der Waals surface area contributed by atoms with Crippen LogP contribution < -0.4 is 5.32 Å². The Balaban J connectivity index is 1.49. The zero-order valence-electron chi connectivity index (χ0n) is 14.8. The lowest BCUT2D eigenvalue weighted by Gasteiger charge is -2.35. The molecule has 1 N–H and O–H groups in total. The van der Waals surface area contributed by atoms with E-state index in [0.717, 1.165) is 50.0 Å². The van der Waals surface area contributed by atoms with Gasteiger partial charge >= 0.3 is 6.03 Å². The SMILES string of the molecule is Cc1ncsc1CCNC(=O)N1CCCCC1CCc1ccccn1. The first-order valence-corrected chi connectivity index (χ1v) is 9.95. The van der Waals surface area contributed by atoms with Gasteiger partial charge in [-0.15, -0.1) is 11.3 Å². The maximum atomic E-state index is 12.6. The number of nitrogens with zero attached hydrogens (tertiary/aromatic N) is 3. The smallest absolute Gasteiger partial charge is 0.317 e. The maximum absolute atomic E-state index is 12.6. The molecule has 2 aromatic rings. The third-order valence-corrected chi connectivity index (χ3v) is 5.82. The minimum absolute atomic E-state index is 0.0767. The Hall–Kier alpha value is -1.95. The topological polar surface area (TPSA) is 58.1 Å². The monoisotopic (exact) mass is 358 g/mol. The van der Waals surface area contributed by atoms with Crippen molar-refractivity contribution in [2.75, 3.05) is 13.1 Å². The Kier molecular flexibility index (Phi) is 6.39. The summed E-state index contributed by atoms with van der Waals surface area (Å²) in [6.45, 7) is 3.55. The summed E-state index contributed by atoms with van der Waals surface area (Å²) < 4.78 is 0. The van der Waals surface area contributed by atoms with E-state index in [9.17, 15) is 4.79 Å². The molecule has 1 aliphatic heterocycles. The Morgan fingerprint density at radius 3 is 3.00 bits per heavy atom. The van der Waals surface area contributed by atoms with Gasteiger partial charge in [0.15, 0.2) is 0 Å². The highest BCUT2D eigenvalue weighted by Gasteiger charge is 2.26. The number of amides is 2. The number of hydrogen-bond acceptors (Lipinski definition) is 4. The average Bonchev–Trinajstić information content (AvgIpc) is 3.06. The molecule has 0 aliphatic carbocycles. The van der Waals surface area contributed by atoms with Crippen LogP contribution in [0, 0.1) is 6.92 Å². The van der Waals surface area contributed by atoms with Crippen molar-refractivity contribution in [3.63, 3.8) is 0 Å². The summed E-state index contributed by atoms with van der Waals surface area (Å²) in [5.74, 6) is 0. The maximum Gasteiger partial charge on any atom is 0.317 e. The second-order valence-electron chi connectivity index (χ2n) is 6.55. The molecule has 0 saturated carbocycles. The van der Waals surface area contributed by atoms with Gasteiger partial charge in [0.1, 0.15) is 0 Å². The van der Waals surface area contributed by atoms with Crippen LogP contribution in [-0.4, -0.2) is 40.0 Å². The first-order chi connectivity index (χ1) is 12.2. The van der Waals surface area contributed by atoms with Gasteiger partial charge in [-0.05, 0) is 51.2 Å². The molecule has 1 unspecified atom stereocenters. The Bertz CT molecular complexity index is 673. The molecule has 2 amide bonds. The molecule has 2 aromatic heterocycles. The van der Waals surface area contributed by atoms with Crippen LogP contribution in [0.25, 0.3) is 0 Å². The molecular weight excluding hydrogens is 332 g/mol. The van der Waals surface area contributed by atoms with Crippen LogP contribution in [0.2, 0.25) is 0 Å². The third kappa shape index (κ3) is 5.01. The largest absolute Gasteiger partial charge is 0.338 e. The van der Waals surface area contributed by atoms with Crippen LogP contribution in [0.15, 0.2) is 29.9 Å². The summed E-state index contributed by atoms with van der Waals surface area (Å²) in [7, 11) is 0. The molecule has 0 radical (unpaired) electrons. The quantitative estimate of drug-likeness (QED) is 0.858. The summed E-state index contributed by atoms with van der Waals surface area (Å²) in [4.78, 5) is 24.6. The van der Waals surface area contributed by atoms with Crippen molar-refractivity contribution in [3.05, 3.63) is 46.2 Å². The molecule has 0 bridgehead atoms. The first-order valence-electron chi connectivity index (χ1n) is 9.07. The van der Waals surface area contributed by atoms with E-state index in [2.05, 4.69) is 21.4 Å². The second kappa shape index (κ2) is 8.94. The Morgan fingerprint density at radius 2 is 2.24 bits per heavy atom. The van der Waals surface area contributed by atoms with E-state index in [4.69, 9.17) is 0 Å². The molecule has 134 valence electrons. The Morgan fingerprint density at radius 1 is 1.32 bits per heavy atom. The number of hydrogen-bond donors (Lipinski definition) is 1. The normalized spacial score (nSPS) is 17.5. The van der Waals surface area contributed by atoms with E-state index in [1.165, 1.54) is 11.3 Å². The predicted octanol–water partition coefficient (Wildman–Crippen LogP) is 3.59. The Labute approximate surface area is 153 Å². The minimum atomic E-state index is 0.0767. The molecule has 6 heteroatoms. The molecular formula is C19H26N4OS. The summed E-state index contributed by atoms with van der Waals surface area (Å²) in [5, 5.41) is 3.10. The predicted molar refractivity (Wildman–Crippen MR) is 101 cm³/mol. The van der Waals surface area contributed by atoms with E-state index in [-0.39, 0.29) is 6.03 Å². The summed E-state index contributed by atoms with van der Waals surface area (Å²) in [6.07, 6.45) is 8.00. The van der Waals surface area contributed by atoms with Crippen LogP contribution in [0.5, 0.6) is 0 Å². The third-order valence-electron chi connectivity index (χ3n) is 4.82. The number of aromatic nitrogens is 2. The number of piperidine rings is 1. The summed E-state index contributed by atoms with van der Waals surface area (Å²) in [5.41, 5.74) is 4.05. The van der Waals surface area contributed by atoms with E-state index >= 15 is 0 Å². The number of pyridine rings is 1. The molecule has 0 aromatic carbocycles. The highest BCUT2D eigenvalue weighted by Crippen LogP contribution is 2.21. The standard InChI is InChI=1S/C19H26N4OS/c1-15-18(25-14-22-15)10-12-21-19(24)23-13-5-3-7-17(23)9-8-16-6-2-4-11-20-16/h2,4,6,11,14,17H,3,5,7-10,12-13H2,1H3,(H,21,24). The number of carbonyl (C=O) groups is 1. The molecule has 3 heterocycles. The van der Waals surface area contributed by atoms with Crippen molar-refractivity contribution < 1.29 is 4.79 Å². The minimum Gasteiger partial charge on any atom is -0.338 e. The van der Waals surface area contributed by atoms with Crippen molar-refractivity contribution in [2.45, 2.75) is 51.5 Å². The molecule has 25 heavy (non-hydrogen) atoms. The molecule has 0 spiro atoms. The van der Waals surface area contributed by atoms with Crippen molar-refractivity contribution in [1.29, 1.82) is 0 Å². The van der Waals surface area contributed by atoms with Crippen molar-refractivity contribution >= 4 is 17.4 Å². The van der Waals surface area contributed by atoms with E-state index < -0.39 is 0 Å². The van der Waals surface area contributed by atoms with Crippen molar-refractivity contribution in [3.8, 4) is 0 Å². The number of nitrogens with one attached hydrogen (secondary N) is 1. The van der Waals surface area contributed by atoms with Crippen LogP contribution in [0.1, 0.15) is 41.9 Å². The molecule has 5 nitrogen and oxygen atoms in total. The number of thiazole rings is 1. The summed E-state index contributed by atoms with van der Waals surface area (Å²) >= 11 is 1.66. The molecule has 1 aliphatic rings. The zero-order chi connectivity index (χ0) is 17.5. The lowest BCUT2D eigenvalue weighted by Crippen LogP contribution is -2.49. The fraction of sp³-hybridized carbons (Fsp3) is 0.526. The van der Waals surface area contributed by atoms with Crippen LogP contribution in [0.3, 0.4) is 0 Å². The van der Waals surface area contributed by atoms with Gasteiger partial charge in [0.05, 0.1) is 11.2 Å². The number of carbonyl (C=O) groups excluding carboxylic acids is 1. The van der Waals surface area contributed by atoms with Gasteiger partial charge in [-0.3, -0.25) is 4.98 Å². The van der Waals surface area contributed by atoms with Crippen molar-refractivity contribution in [1.82, 2.24) is 20.2 Å². The summed E-state index contributed by atoms with van der Waals surface area (Å²) in [6, 6.07) is 6.42. The fourth-order valence-corrected chi connectivity index (χ4v) is 4.16. The van der Waals surface area contributed by atoms with Gasteiger partial charge in [-0.2, -0.15) is 0 Å². The van der Waals surface area contributed by atoms with E-state index in [0.29, 0.717) is 12.6 Å². The number of aryl methyl sites for hydroxylation is 2. The zero-order valence-corrected chi connectivity index (χ0v) is 15.6. The van der Waals surface area contributed by atoms with Gasteiger partial charge in [0.2, 0.25) is 0 Å². The van der Waals surface area contributed by atoms with Gasteiger partial charge in [-0.1, -0.05) is 6.07 Å². The number of rotatable bonds is 6. The molecule has 3 rings (SSSR count). The van der Waals surface area contributed by atoms with Gasteiger partial charge in [0, 0.05) is 42.3 Å². The number of likely N-dealkylation sites (tertiary alicyclic amines) is 1. The lowest BCUT2D eigenvalue weighted by atomic mass is 9.97. The van der Waals surface area contributed by atoms with E-state index in [1.807, 2.05) is 35.7 Å². The highest BCUT2D eigenvalue weighted by molar-refractivity contribution is 7.09. The second-order valence-corrected chi connectivity index (χ2v) is 7.48. The van der Waals surface area contributed by atoms with Crippen molar-refractivity contribution in [2.24, 2.45) is 0 Å². The number of urea groups is 1.